The quantitative estimate of drug-likeness (QED) is 0.870. The van der Waals surface area contributed by atoms with Crippen molar-refractivity contribution in [2.45, 2.75) is 19.0 Å². The summed E-state index contributed by atoms with van der Waals surface area (Å²) in [5.41, 5.74) is 6.84. The van der Waals surface area contributed by atoms with Crippen LogP contribution in [0.5, 0.6) is 0 Å². The van der Waals surface area contributed by atoms with Gasteiger partial charge in [0.2, 0.25) is 5.91 Å². The first-order valence-corrected chi connectivity index (χ1v) is 7.03. The lowest BCUT2D eigenvalue weighted by Crippen LogP contribution is -2.42. The summed E-state index contributed by atoms with van der Waals surface area (Å²) in [4.78, 5) is 13.9. The molecule has 0 saturated heterocycles. The molecule has 1 aromatic carbocycles. The molecule has 0 saturated carbocycles. The summed E-state index contributed by atoms with van der Waals surface area (Å²) in [7, 11) is 1.81. The largest absolute Gasteiger partial charge is 0.341 e. The van der Waals surface area contributed by atoms with Crippen molar-refractivity contribution < 1.29 is 4.79 Å². The highest BCUT2D eigenvalue weighted by molar-refractivity contribution is 7.98. The Balaban J connectivity index is 2.70. The van der Waals surface area contributed by atoms with Gasteiger partial charge in [-0.05, 0) is 18.7 Å². The van der Waals surface area contributed by atoms with Gasteiger partial charge in [-0.3, -0.25) is 4.79 Å². The van der Waals surface area contributed by atoms with E-state index >= 15 is 0 Å². The van der Waals surface area contributed by atoms with Crippen molar-refractivity contribution in [3.63, 3.8) is 0 Å². The van der Waals surface area contributed by atoms with Crippen LogP contribution < -0.4 is 5.73 Å². The summed E-state index contributed by atoms with van der Waals surface area (Å²) in [6.45, 7) is 2.03. The van der Waals surface area contributed by atoms with E-state index in [1.165, 1.54) is 0 Å². The third kappa shape index (κ3) is 3.75. The van der Waals surface area contributed by atoms with Crippen molar-refractivity contribution in [1.82, 2.24) is 4.90 Å². The highest BCUT2D eigenvalue weighted by Crippen LogP contribution is 2.14. The van der Waals surface area contributed by atoms with Gasteiger partial charge in [-0.15, -0.1) is 0 Å². The second-order valence-corrected chi connectivity index (χ2v) is 5.05. The molecule has 1 amide bonds. The Morgan fingerprint density at radius 3 is 2.53 bits per heavy atom. The minimum Gasteiger partial charge on any atom is -0.341 e. The monoisotopic (exact) mass is 252 g/mol. The van der Waals surface area contributed by atoms with E-state index in [2.05, 4.69) is 0 Å². The van der Waals surface area contributed by atoms with Crippen molar-refractivity contribution in [2.75, 3.05) is 19.1 Å². The molecule has 0 fully saturated rings. The molecule has 1 rings (SSSR count). The average molecular weight is 252 g/mol. The molecule has 94 valence electrons. The van der Waals surface area contributed by atoms with Crippen LogP contribution in [-0.4, -0.2) is 35.9 Å². The molecular formula is C13H20N2OS. The van der Waals surface area contributed by atoms with Gasteiger partial charge in [-0.1, -0.05) is 30.3 Å². The first kappa shape index (κ1) is 14.1. The lowest BCUT2D eigenvalue weighted by atomic mass is 10.1. The maximum Gasteiger partial charge on any atom is 0.244 e. The maximum absolute atomic E-state index is 12.2. The van der Waals surface area contributed by atoms with Gasteiger partial charge in [-0.2, -0.15) is 11.8 Å². The van der Waals surface area contributed by atoms with Gasteiger partial charge in [0, 0.05) is 18.8 Å². The van der Waals surface area contributed by atoms with Gasteiger partial charge in [0.05, 0.1) is 0 Å². The molecule has 1 unspecified atom stereocenters. The van der Waals surface area contributed by atoms with E-state index in [0.717, 1.165) is 11.3 Å². The molecule has 2 N–H and O–H groups in total. The predicted molar refractivity (Wildman–Crippen MR) is 74.0 cm³/mol. The summed E-state index contributed by atoms with van der Waals surface area (Å²) in [6, 6.07) is 9.12. The van der Waals surface area contributed by atoms with E-state index in [9.17, 15) is 4.79 Å². The van der Waals surface area contributed by atoms with Gasteiger partial charge in [0.1, 0.15) is 6.04 Å². The van der Waals surface area contributed by atoms with Crippen LogP contribution in [0, 0.1) is 0 Å². The van der Waals surface area contributed by atoms with E-state index in [-0.39, 0.29) is 11.9 Å². The fraction of sp³-hybridized carbons (Fsp3) is 0.462. The zero-order valence-electron chi connectivity index (χ0n) is 10.6. The Hall–Kier alpha value is -1.00. The predicted octanol–water partition coefficient (Wildman–Crippen LogP) is 1.90. The molecule has 2 atom stereocenters. The lowest BCUT2D eigenvalue weighted by Gasteiger charge is -2.27. The smallest absolute Gasteiger partial charge is 0.244 e. The number of nitrogens with zero attached hydrogens (tertiary/aromatic N) is 1. The van der Waals surface area contributed by atoms with Crippen LogP contribution >= 0.6 is 11.8 Å². The maximum atomic E-state index is 12.2. The number of likely N-dealkylation sites (N-methyl/N-ethyl adjacent to an activating group) is 1. The molecule has 3 nitrogen and oxygen atoms in total. The SMILES string of the molecule is CSCC(C)N(C)C(=O)[C@H](N)c1ccccc1. The molecular weight excluding hydrogens is 232 g/mol. The molecule has 17 heavy (non-hydrogen) atoms. The number of nitrogens with two attached hydrogens (primary N) is 1. The third-order valence-electron chi connectivity index (χ3n) is 2.84. The Labute approximate surface area is 107 Å². The minimum atomic E-state index is -0.564. The Morgan fingerprint density at radius 2 is 2.00 bits per heavy atom. The molecule has 0 bridgehead atoms. The van der Waals surface area contributed by atoms with Crippen LogP contribution in [0.15, 0.2) is 30.3 Å². The highest BCUT2D eigenvalue weighted by atomic mass is 32.2. The summed E-state index contributed by atoms with van der Waals surface area (Å²) in [6.07, 6.45) is 2.03. The van der Waals surface area contributed by atoms with Crippen LogP contribution in [0.3, 0.4) is 0 Å². The average Bonchev–Trinajstić information content (AvgIpc) is 2.37. The van der Waals surface area contributed by atoms with Gasteiger partial charge in [-0.25, -0.2) is 0 Å². The van der Waals surface area contributed by atoms with Crippen molar-refractivity contribution in [1.29, 1.82) is 0 Å². The van der Waals surface area contributed by atoms with Crippen molar-refractivity contribution in [3.8, 4) is 0 Å². The fourth-order valence-electron chi connectivity index (χ4n) is 1.59. The normalized spacial score (nSPS) is 14.1. The summed E-state index contributed by atoms with van der Waals surface area (Å²) in [5.74, 6) is 0.891. The Morgan fingerprint density at radius 1 is 1.41 bits per heavy atom. The van der Waals surface area contributed by atoms with E-state index in [1.54, 1.807) is 16.7 Å². The number of amides is 1. The Bertz CT molecular complexity index is 356. The summed E-state index contributed by atoms with van der Waals surface area (Å²) < 4.78 is 0. The van der Waals surface area contributed by atoms with Crippen molar-refractivity contribution in [2.24, 2.45) is 5.73 Å². The third-order valence-corrected chi connectivity index (χ3v) is 3.66. The summed E-state index contributed by atoms with van der Waals surface area (Å²) in [5, 5.41) is 0. The number of hydrogen-bond donors (Lipinski definition) is 1. The number of carbonyl (C=O) groups excluding carboxylic acids is 1. The molecule has 1 aromatic rings. The molecule has 0 aliphatic heterocycles. The number of hydrogen-bond acceptors (Lipinski definition) is 3. The lowest BCUT2D eigenvalue weighted by molar-refractivity contribution is -0.132. The first-order chi connectivity index (χ1) is 8.07. The molecule has 0 spiro atoms. The standard InChI is InChI=1S/C13H20N2OS/c1-10(9-17-3)15(2)13(16)12(14)11-7-5-4-6-8-11/h4-8,10,12H,9,14H2,1-3H3/t10?,12-/m1/s1. The molecule has 0 radical (unpaired) electrons. The van der Waals surface area contributed by atoms with Crippen LogP contribution in [0.2, 0.25) is 0 Å². The van der Waals surface area contributed by atoms with Gasteiger partial charge in [0.15, 0.2) is 0 Å². The van der Waals surface area contributed by atoms with Crippen LogP contribution in [0.25, 0.3) is 0 Å². The highest BCUT2D eigenvalue weighted by Gasteiger charge is 2.22. The van der Waals surface area contributed by atoms with Gasteiger partial charge in [0.25, 0.3) is 0 Å². The topological polar surface area (TPSA) is 46.3 Å². The molecule has 0 aliphatic rings. The molecule has 0 heterocycles. The second kappa shape index (κ2) is 6.67. The fourth-order valence-corrected chi connectivity index (χ4v) is 2.30. The van der Waals surface area contributed by atoms with Crippen LogP contribution in [0.4, 0.5) is 0 Å². The van der Waals surface area contributed by atoms with Crippen molar-refractivity contribution in [3.05, 3.63) is 35.9 Å². The number of rotatable bonds is 5. The number of benzene rings is 1. The molecule has 0 aromatic heterocycles. The second-order valence-electron chi connectivity index (χ2n) is 4.14. The van der Waals surface area contributed by atoms with Crippen LogP contribution in [-0.2, 0) is 4.79 Å². The van der Waals surface area contributed by atoms with E-state index in [4.69, 9.17) is 5.73 Å². The number of thioether (sulfide) groups is 1. The summed E-state index contributed by atoms with van der Waals surface area (Å²) >= 11 is 1.73. The van der Waals surface area contributed by atoms with Crippen molar-refractivity contribution >= 4 is 17.7 Å². The zero-order chi connectivity index (χ0) is 12.8. The van der Waals surface area contributed by atoms with E-state index < -0.39 is 6.04 Å². The molecule has 4 heteroatoms. The molecule has 0 aliphatic carbocycles. The minimum absolute atomic E-state index is 0.0299. The number of carbonyl (C=O) groups is 1. The first-order valence-electron chi connectivity index (χ1n) is 5.64. The van der Waals surface area contributed by atoms with Crippen LogP contribution in [0.1, 0.15) is 18.5 Å². The zero-order valence-corrected chi connectivity index (χ0v) is 11.4. The van der Waals surface area contributed by atoms with Gasteiger partial charge >= 0.3 is 0 Å². The van der Waals surface area contributed by atoms with E-state index in [1.807, 2.05) is 50.6 Å². The Kier molecular flexibility index (Phi) is 5.51. The van der Waals surface area contributed by atoms with Gasteiger partial charge < -0.3 is 10.6 Å². The van der Waals surface area contributed by atoms with E-state index in [0.29, 0.717) is 0 Å².